The molecule has 2 amide bonds. The highest BCUT2D eigenvalue weighted by Crippen LogP contribution is 2.24. The van der Waals surface area contributed by atoms with Crippen LogP contribution in [-0.2, 0) is 10.0 Å². The van der Waals surface area contributed by atoms with Crippen LogP contribution in [-0.4, -0.2) is 32.4 Å². The van der Waals surface area contributed by atoms with Crippen molar-refractivity contribution in [3.05, 3.63) is 60.1 Å². The van der Waals surface area contributed by atoms with Crippen molar-refractivity contribution in [2.75, 3.05) is 18.4 Å². The lowest BCUT2D eigenvalue weighted by atomic mass is 10.1. The van der Waals surface area contributed by atoms with Crippen molar-refractivity contribution in [1.29, 1.82) is 0 Å². The first-order chi connectivity index (χ1) is 12.8. The molecule has 1 aromatic rings. The zero-order chi connectivity index (χ0) is 19.4. The summed E-state index contributed by atoms with van der Waals surface area (Å²) < 4.78 is 27.1. The molecule has 144 valence electrons. The number of carbonyl (C=O) groups is 1. The maximum Gasteiger partial charge on any atom is 0.326 e. The molecule has 3 N–H and O–H groups in total. The predicted molar refractivity (Wildman–Crippen MR) is 105 cm³/mol. The summed E-state index contributed by atoms with van der Waals surface area (Å²) in [5.41, 5.74) is 2.58. The van der Waals surface area contributed by atoms with Crippen LogP contribution in [0.5, 0.6) is 0 Å². The van der Waals surface area contributed by atoms with E-state index < -0.39 is 10.0 Å². The molecule has 0 unspecified atom stereocenters. The summed E-state index contributed by atoms with van der Waals surface area (Å²) in [5.74, 6) is 0.428. The molecule has 2 aliphatic rings. The summed E-state index contributed by atoms with van der Waals surface area (Å²) in [6, 6.07) is 5.89. The predicted octanol–water partition coefficient (Wildman–Crippen LogP) is 2.74. The molecule has 0 saturated heterocycles. The first kappa shape index (κ1) is 19.2. The van der Waals surface area contributed by atoms with Crippen LogP contribution in [0.15, 0.2) is 65.0 Å². The number of allylic oxidation sites excluding steroid dienone is 1. The molecule has 3 rings (SSSR count). The highest BCUT2D eigenvalue weighted by molar-refractivity contribution is 7.89. The van der Waals surface area contributed by atoms with Gasteiger partial charge in [-0.3, -0.25) is 4.90 Å². The number of carbonyl (C=O) groups excluding carboxylic acids is 1. The molecule has 0 aliphatic carbocycles. The average Bonchev–Trinajstić information content (AvgIpc) is 3.06. The van der Waals surface area contributed by atoms with Crippen molar-refractivity contribution in [3.8, 4) is 0 Å². The largest absolute Gasteiger partial charge is 0.367 e. The van der Waals surface area contributed by atoms with E-state index in [4.69, 9.17) is 0 Å². The standard InChI is InChI=1S/C19H24N4O3S/c1-14(2)7-10-21-27(25,26)18-5-3-17(4-6-18)22-19(24)23-12-15-8-9-20-11-16(15)13-23/h3-6,8-9,11-12,14,20-21H,7,10,13H2,1-2H3,(H,22,24). The lowest BCUT2D eigenvalue weighted by molar-refractivity contribution is 0.233. The van der Waals surface area contributed by atoms with Crippen molar-refractivity contribution < 1.29 is 13.2 Å². The van der Waals surface area contributed by atoms with E-state index in [-0.39, 0.29) is 10.9 Å². The monoisotopic (exact) mass is 388 g/mol. The Morgan fingerprint density at radius 2 is 2.00 bits per heavy atom. The van der Waals surface area contributed by atoms with E-state index in [2.05, 4.69) is 15.4 Å². The molecule has 0 spiro atoms. The van der Waals surface area contributed by atoms with Gasteiger partial charge in [0.25, 0.3) is 0 Å². The molecule has 27 heavy (non-hydrogen) atoms. The second-order valence-corrected chi connectivity index (χ2v) is 8.68. The van der Waals surface area contributed by atoms with Gasteiger partial charge in [-0.2, -0.15) is 0 Å². The van der Waals surface area contributed by atoms with Crippen LogP contribution >= 0.6 is 0 Å². The smallest absolute Gasteiger partial charge is 0.326 e. The Bertz CT molecular complexity index is 899. The van der Waals surface area contributed by atoms with Crippen molar-refractivity contribution in [2.45, 2.75) is 25.2 Å². The number of nitrogens with one attached hydrogen (secondary N) is 3. The van der Waals surface area contributed by atoms with E-state index in [1.54, 1.807) is 23.2 Å². The molecule has 0 fully saturated rings. The summed E-state index contributed by atoms with van der Waals surface area (Å²) in [6.45, 7) is 4.98. The third-order valence-electron chi connectivity index (χ3n) is 4.31. The Morgan fingerprint density at radius 3 is 2.67 bits per heavy atom. The van der Waals surface area contributed by atoms with Gasteiger partial charge in [0.1, 0.15) is 0 Å². The average molecular weight is 388 g/mol. The van der Waals surface area contributed by atoms with E-state index in [1.807, 2.05) is 32.3 Å². The number of hydrogen-bond acceptors (Lipinski definition) is 4. The minimum atomic E-state index is -3.54. The van der Waals surface area contributed by atoms with Gasteiger partial charge in [-0.15, -0.1) is 0 Å². The van der Waals surface area contributed by atoms with Crippen LogP contribution in [0.25, 0.3) is 0 Å². The number of rotatable bonds is 6. The van der Waals surface area contributed by atoms with E-state index in [0.717, 1.165) is 17.6 Å². The molecule has 7 nitrogen and oxygen atoms in total. The van der Waals surface area contributed by atoms with Crippen LogP contribution in [0.3, 0.4) is 0 Å². The first-order valence-corrected chi connectivity index (χ1v) is 10.3. The van der Waals surface area contributed by atoms with Gasteiger partial charge in [0.05, 0.1) is 11.4 Å². The van der Waals surface area contributed by atoms with Crippen molar-refractivity contribution >= 4 is 21.7 Å². The molecule has 1 aromatic carbocycles. The summed E-state index contributed by atoms with van der Waals surface area (Å²) in [6.07, 6.45) is 8.15. The molecule has 0 saturated carbocycles. The number of amides is 2. The fourth-order valence-electron chi connectivity index (χ4n) is 2.75. The highest BCUT2D eigenvalue weighted by atomic mass is 32.2. The Kier molecular flexibility index (Phi) is 5.67. The Morgan fingerprint density at radius 1 is 1.26 bits per heavy atom. The van der Waals surface area contributed by atoms with Gasteiger partial charge < -0.3 is 10.6 Å². The van der Waals surface area contributed by atoms with Crippen molar-refractivity contribution in [3.63, 3.8) is 0 Å². The minimum absolute atomic E-state index is 0.180. The van der Waals surface area contributed by atoms with Crippen molar-refractivity contribution in [1.82, 2.24) is 14.9 Å². The van der Waals surface area contributed by atoms with Gasteiger partial charge in [0, 0.05) is 30.8 Å². The fourth-order valence-corrected chi connectivity index (χ4v) is 3.79. The number of anilines is 1. The second-order valence-electron chi connectivity index (χ2n) is 6.92. The van der Waals surface area contributed by atoms with Gasteiger partial charge >= 0.3 is 6.03 Å². The van der Waals surface area contributed by atoms with Crippen LogP contribution in [0.1, 0.15) is 20.3 Å². The summed E-state index contributed by atoms with van der Waals surface area (Å²) >= 11 is 0. The molecular weight excluding hydrogens is 364 g/mol. The second kappa shape index (κ2) is 7.98. The number of fused-ring (bicyclic) bond motifs is 1. The quantitative estimate of drug-likeness (QED) is 0.699. The fraction of sp³-hybridized carbons (Fsp3) is 0.316. The van der Waals surface area contributed by atoms with Gasteiger partial charge in [0.2, 0.25) is 10.0 Å². The molecule has 2 heterocycles. The molecule has 0 radical (unpaired) electrons. The summed E-state index contributed by atoms with van der Waals surface area (Å²) in [7, 11) is -3.54. The molecule has 0 bridgehead atoms. The third kappa shape index (κ3) is 4.78. The third-order valence-corrected chi connectivity index (χ3v) is 5.79. The Balaban J connectivity index is 1.60. The van der Waals surface area contributed by atoms with E-state index in [0.29, 0.717) is 24.7 Å². The molecule has 2 aliphatic heterocycles. The van der Waals surface area contributed by atoms with Gasteiger partial charge in [-0.1, -0.05) is 13.8 Å². The number of hydrogen-bond donors (Lipinski definition) is 3. The lowest BCUT2D eigenvalue weighted by Gasteiger charge is -2.15. The topological polar surface area (TPSA) is 90.5 Å². The minimum Gasteiger partial charge on any atom is -0.367 e. The first-order valence-electron chi connectivity index (χ1n) is 8.86. The number of dihydropyridines is 1. The van der Waals surface area contributed by atoms with Gasteiger partial charge in [-0.25, -0.2) is 17.9 Å². The van der Waals surface area contributed by atoms with Crippen molar-refractivity contribution in [2.24, 2.45) is 5.92 Å². The summed E-state index contributed by atoms with van der Waals surface area (Å²) in [4.78, 5) is 14.2. The maximum atomic E-state index is 12.4. The number of benzene rings is 1. The molecule has 0 aromatic heterocycles. The van der Waals surface area contributed by atoms with Crippen LogP contribution in [0, 0.1) is 5.92 Å². The number of urea groups is 1. The normalized spacial score (nSPS) is 15.9. The SMILES string of the molecule is CC(C)CCNS(=O)(=O)c1ccc(NC(=O)N2C=C3C=CNC=C3C2)cc1. The highest BCUT2D eigenvalue weighted by Gasteiger charge is 2.23. The Hall–Kier alpha value is -2.58. The lowest BCUT2D eigenvalue weighted by Crippen LogP contribution is -2.29. The zero-order valence-electron chi connectivity index (χ0n) is 15.4. The van der Waals surface area contributed by atoms with E-state index in [1.165, 1.54) is 12.1 Å². The molecular formula is C19H24N4O3S. The van der Waals surface area contributed by atoms with Crippen LogP contribution < -0.4 is 15.4 Å². The molecule has 0 atom stereocenters. The van der Waals surface area contributed by atoms with Crippen LogP contribution in [0.4, 0.5) is 10.5 Å². The zero-order valence-corrected chi connectivity index (χ0v) is 16.2. The number of sulfonamides is 1. The van der Waals surface area contributed by atoms with E-state index >= 15 is 0 Å². The van der Waals surface area contributed by atoms with Crippen LogP contribution in [0.2, 0.25) is 0 Å². The van der Waals surface area contributed by atoms with E-state index in [9.17, 15) is 13.2 Å². The Labute approximate surface area is 159 Å². The van der Waals surface area contributed by atoms with Gasteiger partial charge in [0.15, 0.2) is 0 Å². The van der Waals surface area contributed by atoms with Gasteiger partial charge in [-0.05, 0) is 53.8 Å². The summed E-state index contributed by atoms with van der Waals surface area (Å²) in [5, 5.41) is 5.79. The number of nitrogens with zero attached hydrogens (tertiary/aromatic N) is 1. The maximum absolute atomic E-state index is 12.4. The molecule has 8 heteroatoms.